The number of aryl methyl sites for hydroxylation is 1. The second-order valence-electron chi connectivity index (χ2n) is 5.11. The average Bonchev–Trinajstić information content (AvgIpc) is 2.38. The molecule has 0 amide bonds. The summed E-state index contributed by atoms with van der Waals surface area (Å²) in [5, 5.41) is 10.5. The summed E-state index contributed by atoms with van der Waals surface area (Å²) in [6.45, 7) is 6.23. The Hall–Kier alpha value is -0.540. The van der Waals surface area contributed by atoms with Crippen molar-refractivity contribution in [1.29, 1.82) is 0 Å². The first-order chi connectivity index (χ1) is 9.02. The van der Waals surface area contributed by atoms with Crippen LogP contribution in [0.4, 0.5) is 0 Å². The molecular formula is C16H25BrO2. The van der Waals surface area contributed by atoms with E-state index in [0.717, 1.165) is 39.8 Å². The Balaban J connectivity index is 2.91. The molecule has 2 nitrogen and oxygen atoms in total. The van der Waals surface area contributed by atoms with Crippen LogP contribution in [0, 0.1) is 13.8 Å². The molecule has 0 fully saturated rings. The van der Waals surface area contributed by atoms with Crippen LogP contribution < -0.4 is 4.74 Å². The van der Waals surface area contributed by atoms with Crippen molar-refractivity contribution < 1.29 is 9.84 Å². The number of hydrogen-bond donors (Lipinski definition) is 1. The number of aliphatic hydroxyl groups excluding tert-OH is 1. The number of unbranched alkanes of at least 4 members (excludes halogenated alkanes) is 3. The second-order valence-corrected chi connectivity index (χ2v) is 5.97. The molecule has 1 rings (SSSR count). The highest BCUT2D eigenvalue weighted by molar-refractivity contribution is 9.10. The normalized spacial score (nSPS) is 12.5. The Labute approximate surface area is 125 Å². The van der Waals surface area contributed by atoms with Crippen molar-refractivity contribution in [2.75, 3.05) is 7.11 Å². The first-order valence-electron chi connectivity index (χ1n) is 7.04. The lowest BCUT2D eigenvalue weighted by molar-refractivity contribution is 0.158. The van der Waals surface area contributed by atoms with Gasteiger partial charge >= 0.3 is 0 Å². The minimum Gasteiger partial charge on any atom is -0.496 e. The zero-order valence-electron chi connectivity index (χ0n) is 12.4. The van der Waals surface area contributed by atoms with E-state index < -0.39 is 6.10 Å². The number of hydrogen-bond acceptors (Lipinski definition) is 2. The van der Waals surface area contributed by atoms with Crippen molar-refractivity contribution in [2.45, 2.75) is 59.0 Å². The fourth-order valence-corrected chi connectivity index (χ4v) is 3.01. The van der Waals surface area contributed by atoms with Gasteiger partial charge in [0.25, 0.3) is 0 Å². The third-order valence-electron chi connectivity index (χ3n) is 3.58. The van der Waals surface area contributed by atoms with Gasteiger partial charge in [0.15, 0.2) is 0 Å². The van der Waals surface area contributed by atoms with Crippen LogP contribution in [0.5, 0.6) is 5.75 Å². The van der Waals surface area contributed by atoms with E-state index >= 15 is 0 Å². The Bertz CT molecular complexity index is 416. The van der Waals surface area contributed by atoms with Gasteiger partial charge < -0.3 is 9.84 Å². The van der Waals surface area contributed by atoms with Gasteiger partial charge in [0.1, 0.15) is 5.75 Å². The quantitative estimate of drug-likeness (QED) is 0.707. The van der Waals surface area contributed by atoms with Crippen molar-refractivity contribution in [1.82, 2.24) is 0 Å². The topological polar surface area (TPSA) is 29.5 Å². The van der Waals surface area contributed by atoms with Crippen molar-refractivity contribution in [3.8, 4) is 5.75 Å². The molecule has 0 aliphatic rings. The first-order valence-corrected chi connectivity index (χ1v) is 7.83. The standard InChI is InChI=1S/C16H25BrO2/c1-5-6-7-8-9-14(18)15-12(3)13(17)10-11(2)16(15)19-4/h10,14,18H,5-9H2,1-4H3. The summed E-state index contributed by atoms with van der Waals surface area (Å²) < 4.78 is 6.52. The summed E-state index contributed by atoms with van der Waals surface area (Å²) in [6, 6.07) is 2.04. The molecule has 1 unspecified atom stereocenters. The summed E-state index contributed by atoms with van der Waals surface area (Å²) in [4.78, 5) is 0. The minimum atomic E-state index is -0.442. The molecule has 0 spiro atoms. The molecule has 0 saturated carbocycles. The molecule has 0 saturated heterocycles. The lowest BCUT2D eigenvalue weighted by Crippen LogP contribution is -2.05. The molecule has 0 aliphatic heterocycles. The molecule has 1 aromatic rings. The van der Waals surface area contributed by atoms with Crippen molar-refractivity contribution in [3.63, 3.8) is 0 Å². The molecule has 19 heavy (non-hydrogen) atoms. The van der Waals surface area contributed by atoms with E-state index in [-0.39, 0.29) is 0 Å². The monoisotopic (exact) mass is 328 g/mol. The lowest BCUT2D eigenvalue weighted by Gasteiger charge is -2.20. The number of ether oxygens (including phenoxy) is 1. The van der Waals surface area contributed by atoms with E-state index in [0.29, 0.717) is 0 Å². The van der Waals surface area contributed by atoms with Crippen molar-refractivity contribution >= 4 is 15.9 Å². The average molecular weight is 329 g/mol. The summed E-state index contributed by atoms with van der Waals surface area (Å²) in [5.74, 6) is 0.823. The minimum absolute atomic E-state index is 0.442. The smallest absolute Gasteiger partial charge is 0.127 e. The fourth-order valence-electron chi connectivity index (χ4n) is 2.46. The van der Waals surface area contributed by atoms with Crippen LogP contribution >= 0.6 is 15.9 Å². The molecule has 1 N–H and O–H groups in total. The van der Waals surface area contributed by atoms with Crippen molar-refractivity contribution in [2.24, 2.45) is 0 Å². The number of benzene rings is 1. The molecule has 108 valence electrons. The van der Waals surface area contributed by atoms with E-state index in [1.807, 2.05) is 19.9 Å². The van der Waals surface area contributed by atoms with Gasteiger partial charge in [0.05, 0.1) is 13.2 Å². The summed E-state index contributed by atoms with van der Waals surface area (Å²) >= 11 is 3.55. The SMILES string of the molecule is CCCCCCC(O)c1c(C)c(Br)cc(C)c1OC. The predicted octanol–water partition coefficient (Wildman–Crippen LogP) is 5.08. The fraction of sp³-hybridized carbons (Fsp3) is 0.625. The lowest BCUT2D eigenvalue weighted by atomic mass is 9.95. The molecule has 0 bridgehead atoms. The second kappa shape index (κ2) is 7.91. The van der Waals surface area contributed by atoms with Gasteiger partial charge in [-0.15, -0.1) is 0 Å². The van der Waals surface area contributed by atoms with E-state index in [1.54, 1.807) is 7.11 Å². The molecule has 1 aromatic carbocycles. The van der Waals surface area contributed by atoms with Gasteiger partial charge in [0.2, 0.25) is 0 Å². The Morgan fingerprint density at radius 3 is 2.53 bits per heavy atom. The number of aliphatic hydroxyl groups is 1. The zero-order chi connectivity index (χ0) is 14.4. The van der Waals surface area contributed by atoms with Gasteiger partial charge in [-0.3, -0.25) is 0 Å². The zero-order valence-corrected chi connectivity index (χ0v) is 14.0. The van der Waals surface area contributed by atoms with E-state index in [1.165, 1.54) is 19.3 Å². The van der Waals surface area contributed by atoms with E-state index in [9.17, 15) is 5.11 Å². The third kappa shape index (κ3) is 4.22. The van der Waals surface area contributed by atoms with Crippen LogP contribution in [-0.2, 0) is 0 Å². The van der Waals surface area contributed by atoms with Gasteiger partial charge in [-0.25, -0.2) is 0 Å². The molecule has 1 atom stereocenters. The van der Waals surface area contributed by atoms with Crippen LogP contribution in [0.1, 0.15) is 61.8 Å². The Morgan fingerprint density at radius 1 is 1.26 bits per heavy atom. The number of halogens is 1. The summed E-state index contributed by atoms with van der Waals surface area (Å²) in [6.07, 6.45) is 5.05. The molecule has 3 heteroatoms. The highest BCUT2D eigenvalue weighted by Gasteiger charge is 2.19. The van der Waals surface area contributed by atoms with Crippen LogP contribution in [0.15, 0.2) is 10.5 Å². The van der Waals surface area contributed by atoms with E-state index in [2.05, 4.69) is 22.9 Å². The Morgan fingerprint density at radius 2 is 1.95 bits per heavy atom. The van der Waals surface area contributed by atoms with Gasteiger partial charge in [-0.05, 0) is 37.5 Å². The molecule has 0 aromatic heterocycles. The highest BCUT2D eigenvalue weighted by Crippen LogP contribution is 2.38. The van der Waals surface area contributed by atoms with Crippen molar-refractivity contribution in [3.05, 3.63) is 27.2 Å². The maximum atomic E-state index is 10.5. The Kier molecular flexibility index (Phi) is 6.87. The van der Waals surface area contributed by atoms with Crippen LogP contribution in [0.25, 0.3) is 0 Å². The maximum Gasteiger partial charge on any atom is 0.127 e. The van der Waals surface area contributed by atoms with Gasteiger partial charge in [-0.2, -0.15) is 0 Å². The molecule has 0 aliphatic carbocycles. The highest BCUT2D eigenvalue weighted by atomic mass is 79.9. The maximum absolute atomic E-state index is 10.5. The number of methoxy groups -OCH3 is 1. The van der Waals surface area contributed by atoms with E-state index in [4.69, 9.17) is 4.74 Å². The van der Waals surface area contributed by atoms with Crippen LogP contribution in [-0.4, -0.2) is 12.2 Å². The summed E-state index contributed by atoms with van der Waals surface area (Å²) in [5.41, 5.74) is 3.07. The molecule has 0 radical (unpaired) electrons. The first kappa shape index (κ1) is 16.5. The van der Waals surface area contributed by atoms with Crippen LogP contribution in [0.3, 0.4) is 0 Å². The summed E-state index contributed by atoms with van der Waals surface area (Å²) in [7, 11) is 1.67. The molecule has 0 heterocycles. The third-order valence-corrected chi connectivity index (χ3v) is 4.40. The predicted molar refractivity (Wildman–Crippen MR) is 83.9 cm³/mol. The van der Waals surface area contributed by atoms with Gasteiger partial charge in [-0.1, -0.05) is 48.5 Å². The van der Waals surface area contributed by atoms with Crippen LogP contribution in [0.2, 0.25) is 0 Å². The number of rotatable bonds is 7. The van der Waals surface area contributed by atoms with Gasteiger partial charge in [0, 0.05) is 10.0 Å². The molecular weight excluding hydrogens is 304 g/mol. The largest absolute Gasteiger partial charge is 0.496 e.